The zero-order chi connectivity index (χ0) is 11.1. The van der Waals surface area contributed by atoms with Crippen molar-refractivity contribution in [1.29, 1.82) is 0 Å². The largest absolute Gasteiger partial charge is 0.330 e. The second-order valence-corrected chi connectivity index (χ2v) is 10.5. The monoisotopic (exact) mass is 239 g/mol. The molecule has 0 fully saturated rings. The van der Waals surface area contributed by atoms with Gasteiger partial charge < -0.3 is 5.73 Å². The molecule has 0 radical (unpaired) electrons. The Labute approximate surface area is 98.5 Å². The summed E-state index contributed by atoms with van der Waals surface area (Å²) in [5.74, 6) is 2.35. The lowest BCUT2D eigenvalue weighted by atomic mass is 10.4. The first-order valence-corrected chi connectivity index (χ1v) is 9.86. The molecule has 1 nitrogen and oxygen atoms in total. The fraction of sp³-hybridized carbons (Fsp3) is 0.500. The molecule has 0 aliphatic rings. The van der Waals surface area contributed by atoms with Gasteiger partial charge in [0.05, 0.1) is 8.07 Å². The van der Waals surface area contributed by atoms with Crippen LogP contribution in [0.3, 0.4) is 0 Å². The van der Waals surface area contributed by atoms with Crippen LogP contribution < -0.4 is 10.9 Å². The standard InChI is InChI=1S/C12H21NSSi/c1-15(2,11-10-14-9-8-13)12-6-4-3-5-7-12/h3-7H,8-11,13H2,1-2H3. The first-order valence-electron chi connectivity index (χ1n) is 5.50. The van der Waals surface area contributed by atoms with E-state index in [9.17, 15) is 0 Å². The first-order chi connectivity index (χ1) is 7.17. The van der Waals surface area contributed by atoms with Crippen molar-refractivity contribution >= 4 is 25.0 Å². The molecule has 0 saturated heterocycles. The fourth-order valence-electron chi connectivity index (χ4n) is 1.55. The van der Waals surface area contributed by atoms with Crippen molar-refractivity contribution in [3.63, 3.8) is 0 Å². The van der Waals surface area contributed by atoms with Crippen LogP contribution in [0, 0.1) is 0 Å². The van der Waals surface area contributed by atoms with E-state index in [1.165, 1.54) is 11.8 Å². The average molecular weight is 239 g/mol. The third-order valence-corrected chi connectivity index (χ3v) is 7.46. The molecule has 0 aliphatic heterocycles. The van der Waals surface area contributed by atoms with Crippen molar-refractivity contribution in [2.24, 2.45) is 5.73 Å². The topological polar surface area (TPSA) is 26.0 Å². The molecule has 0 bridgehead atoms. The summed E-state index contributed by atoms with van der Waals surface area (Å²) in [7, 11) is -1.19. The highest BCUT2D eigenvalue weighted by Gasteiger charge is 2.22. The number of nitrogens with two attached hydrogens (primary N) is 1. The Morgan fingerprint density at radius 3 is 2.40 bits per heavy atom. The number of benzene rings is 1. The maximum Gasteiger partial charge on any atom is 0.0814 e. The Hall–Kier alpha value is -0.253. The summed E-state index contributed by atoms with van der Waals surface area (Å²) >= 11 is 1.98. The van der Waals surface area contributed by atoms with Crippen LogP contribution in [0.15, 0.2) is 30.3 Å². The van der Waals surface area contributed by atoms with Crippen molar-refractivity contribution in [3.8, 4) is 0 Å². The highest BCUT2D eigenvalue weighted by Crippen LogP contribution is 2.14. The van der Waals surface area contributed by atoms with Crippen molar-refractivity contribution in [2.75, 3.05) is 18.1 Å². The van der Waals surface area contributed by atoms with E-state index in [1.807, 2.05) is 11.8 Å². The van der Waals surface area contributed by atoms with Crippen LogP contribution in [0.5, 0.6) is 0 Å². The second kappa shape index (κ2) is 6.36. The van der Waals surface area contributed by atoms with Gasteiger partial charge in [0.15, 0.2) is 0 Å². The highest BCUT2D eigenvalue weighted by molar-refractivity contribution is 7.99. The molecule has 0 amide bonds. The minimum absolute atomic E-state index is 0.804. The first kappa shape index (κ1) is 12.8. The van der Waals surface area contributed by atoms with E-state index in [4.69, 9.17) is 5.73 Å². The Balaban J connectivity index is 2.45. The van der Waals surface area contributed by atoms with Gasteiger partial charge in [-0.3, -0.25) is 0 Å². The zero-order valence-electron chi connectivity index (χ0n) is 9.70. The van der Waals surface area contributed by atoms with Gasteiger partial charge in [0.1, 0.15) is 0 Å². The van der Waals surface area contributed by atoms with E-state index < -0.39 is 8.07 Å². The van der Waals surface area contributed by atoms with Gasteiger partial charge in [-0.05, 0) is 11.8 Å². The molecule has 2 N–H and O–H groups in total. The number of thioether (sulfide) groups is 1. The van der Waals surface area contributed by atoms with Crippen LogP contribution in [-0.2, 0) is 0 Å². The van der Waals surface area contributed by atoms with Gasteiger partial charge in [0.2, 0.25) is 0 Å². The van der Waals surface area contributed by atoms with E-state index >= 15 is 0 Å². The van der Waals surface area contributed by atoms with E-state index in [2.05, 4.69) is 43.4 Å². The van der Waals surface area contributed by atoms with E-state index in [0.717, 1.165) is 12.3 Å². The van der Waals surface area contributed by atoms with Crippen molar-refractivity contribution in [1.82, 2.24) is 0 Å². The van der Waals surface area contributed by atoms with Gasteiger partial charge >= 0.3 is 0 Å². The predicted molar refractivity (Wildman–Crippen MR) is 74.7 cm³/mol. The van der Waals surface area contributed by atoms with Crippen molar-refractivity contribution in [3.05, 3.63) is 30.3 Å². The van der Waals surface area contributed by atoms with E-state index in [1.54, 1.807) is 5.19 Å². The van der Waals surface area contributed by atoms with Gasteiger partial charge in [-0.2, -0.15) is 11.8 Å². The second-order valence-electron chi connectivity index (χ2n) is 4.40. The van der Waals surface area contributed by atoms with E-state index in [-0.39, 0.29) is 0 Å². The molecule has 84 valence electrons. The molecule has 0 atom stereocenters. The lowest BCUT2D eigenvalue weighted by Crippen LogP contribution is -2.41. The van der Waals surface area contributed by atoms with Gasteiger partial charge in [-0.1, -0.05) is 48.6 Å². The third-order valence-electron chi connectivity index (χ3n) is 2.69. The molecule has 0 unspecified atom stereocenters. The summed E-state index contributed by atoms with van der Waals surface area (Å²) in [6, 6.07) is 12.3. The zero-order valence-corrected chi connectivity index (χ0v) is 11.5. The molecule has 0 aromatic heterocycles. The predicted octanol–water partition coefficient (Wildman–Crippen LogP) is 2.29. The minimum atomic E-state index is -1.19. The lowest BCUT2D eigenvalue weighted by molar-refractivity contribution is 1.15. The molecular formula is C12H21NSSi. The summed E-state index contributed by atoms with van der Waals surface area (Å²) in [6.45, 7) is 5.70. The van der Waals surface area contributed by atoms with E-state index in [0.29, 0.717) is 0 Å². The molecule has 1 rings (SSSR count). The van der Waals surface area contributed by atoms with Crippen LogP contribution >= 0.6 is 11.8 Å². The number of hydrogen-bond acceptors (Lipinski definition) is 2. The quantitative estimate of drug-likeness (QED) is 0.609. The molecule has 1 aromatic carbocycles. The maximum atomic E-state index is 5.48. The summed E-state index contributed by atoms with van der Waals surface area (Å²) in [4.78, 5) is 0. The number of hydrogen-bond donors (Lipinski definition) is 1. The SMILES string of the molecule is C[Si](C)(CCSCCN)c1ccccc1. The summed E-state index contributed by atoms with van der Waals surface area (Å²) in [6.07, 6.45) is 0. The molecular weight excluding hydrogens is 218 g/mol. The highest BCUT2D eigenvalue weighted by atomic mass is 32.2. The van der Waals surface area contributed by atoms with Gasteiger partial charge in [-0.25, -0.2) is 0 Å². The van der Waals surface area contributed by atoms with Crippen LogP contribution in [0.1, 0.15) is 0 Å². The van der Waals surface area contributed by atoms with Gasteiger partial charge in [0, 0.05) is 12.3 Å². The molecule has 0 aliphatic carbocycles. The Morgan fingerprint density at radius 1 is 1.13 bits per heavy atom. The third kappa shape index (κ3) is 4.41. The summed E-state index contributed by atoms with van der Waals surface area (Å²) < 4.78 is 0. The summed E-state index contributed by atoms with van der Waals surface area (Å²) in [5, 5.41) is 1.57. The fourth-order valence-corrected chi connectivity index (χ4v) is 5.92. The minimum Gasteiger partial charge on any atom is -0.330 e. The van der Waals surface area contributed by atoms with Crippen molar-refractivity contribution < 1.29 is 0 Å². The lowest BCUT2D eigenvalue weighted by Gasteiger charge is -2.22. The summed E-state index contributed by atoms with van der Waals surface area (Å²) in [5.41, 5.74) is 5.48. The Morgan fingerprint density at radius 2 is 1.80 bits per heavy atom. The van der Waals surface area contributed by atoms with Crippen molar-refractivity contribution in [2.45, 2.75) is 19.1 Å². The van der Waals surface area contributed by atoms with Crippen LogP contribution in [0.4, 0.5) is 0 Å². The molecule has 15 heavy (non-hydrogen) atoms. The Kier molecular flexibility index (Phi) is 5.43. The van der Waals surface area contributed by atoms with Crippen LogP contribution in [-0.4, -0.2) is 26.1 Å². The molecule has 0 spiro atoms. The molecule has 1 aromatic rings. The van der Waals surface area contributed by atoms with Gasteiger partial charge in [-0.15, -0.1) is 0 Å². The van der Waals surface area contributed by atoms with Gasteiger partial charge in [0.25, 0.3) is 0 Å². The smallest absolute Gasteiger partial charge is 0.0814 e. The average Bonchev–Trinajstić information content (AvgIpc) is 2.26. The molecule has 0 saturated carbocycles. The normalized spacial score (nSPS) is 11.7. The van der Waals surface area contributed by atoms with Crippen LogP contribution in [0.25, 0.3) is 0 Å². The Bertz CT molecular complexity index is 274. The molecule has 0 heterocycles. The van der Waals surface area contributed by atoms with Crippen LogP contribution in [0.2, 0.25) is 19.1 Å². The molecule has 3 heteroatoms. The number of rotatable bonds is 6. The maximum absolute atomic E-state index is 5.48.